The third-order valence-electron chi connectivity index (χ3n) is 5.08. The molecule has 1 rings (SSSR count). The Balaban J connectivity index is 3.23. The molecule has 0 fully saturated rings. The van der Waals surface area contributed by atoms with Gasteiger partial charge in [-0.05, 0) is 57.2 Å². The highest BCUT2D eigenvalue weighted by atomic mass is 16.6. The SMILES string of the molecule is C=Cc1cccc(C(C(=O)NCCC(=O)OCC)N(C)C(=O)C(CC(C)C)NC(=O)OC(C)(C)C)c1. The smallest absolute Gasteiger partial charge is 0.408 e. The van der Waals surface area contributed by atoms with Crippen molar-refractivity contribution < 1.29 is 28.7 Å². The molecule has 0 aromatic heterocycles. The average Bonchev–Trinajstić information content (AvgIpc) is 2.77. The van der Waals surface area contributed by atoms with Crippen molar-refractivity contribution in [3.63, 3.8) is 0 Å². The number of hydrogen-bond acceptors (Lipinski definition) is 6. The Kier molecular flexibility index (Phi) is 12.1. The largest absolute Gasteiger partial charge is 0.466 e. The summed E-state index contributed by atoms with van der Waals surface area (Å²) in [5.41, 5.74) is 0.620. The summed E-state index contributed by atoms with van der Waals surface area (Å²) < 4.78 is 10.2. The molecular formula is C27H41N3O6. The molecule has 0 aliphatic heterocycles. The van der Waals surface area contributed by atoms with Crippen LogP contribution in [0.5, 0.6) is 0 Å². The van der Waals surface area contributed by atoms with Gasteiger partial charge in [0.25, 0.3) is 0 Å². The molecule has 2 atom stereocenters. The van der Waals surface area contributed by atoms with Gasteiger partial charge in [0.1, 0.15) is 17.7 Å². The molecule has 0 spiro atoms. The lowest BCUT2D eigenvalue weighted by Gasteiger charge is -2.32. The Labute approximate surface area is 214 Å². The van der Waals surface area contributed by atoms with Crippen LogP contribution in [0.3, 0.4) is 0 Å². The van der Waals surface area contributed by atoms with Crippen molar-refractivity contribution in [2.75, 3.05) is 20.2 Å². The molecule has 9 heteroatoms. The Morgan fingerprint density at radius 1 is 1.17 bits per heavy atom. The summed E-state index contributed by atoms with van der Waals surface area (Å²) in [6.45, 7) is 14.9. The number of ether oxygens (including phenoxy) is 2. The quantitative estimate of drug-likeness (QED) is 0.419. The van der Waals surface area contributed by atoms with Crippen molar-refractivity contribution in [3.8, 4) is 0 Å². The van der Waals surface area contributed by atoms with Crippen LogP contribution in [-0.4, -0.2) is 60.6 Å². The molecule has 2 N–H and O–H groups in total. The van der Waals surface area contributed by atoms with Crippen molar-refractivity contribution in [1.82, 2.24) is 15.5 Å². The number of amides is 3. The van der Waals surface area contributed by atoms with E-state index in [1.807, 2.05) is 19.9 Å². The number of nitrogens with one attached hydrogen (secondary N) is 2. The van der Waals surface area contributed by atoms with Crippen molar-refractivity contribution >= 4 is 30.0 Å². The molecule has 1 aromatic carbocycles. The number of nitrogens with zero attached hydrogens (tertiary/aromatic N) is 1. The van der Waals surface area contributed by atoms with E-state index in [1.54, 1.807) is 52.0 Å². The van der Waals surface area contributed by atoms with Gasteiger partial charge >= 0.3 is 12.1 Å². The van der Waals surface area contributed by atoms with Gasteiger partial charge in [0.2, 0.25) is 11.8 Å². The summed E-state index contributed by atoms with van der Waals surface area (Å²) in [5, 5.41) is 5.39. The van der Waals surface area contributed by atoms with Crippen LogP contribution in [0.25, 0.3) is 6.08 Å². The maximum atomic E-state index is 13.6. The Hall–Kier alpha value is -3.36. The van der Waals surface area contributed by atoms with Gasteiger partial charge in [-0.3, -0.25) is 14.4 Å². The zero-order chi connectivity index (χ0) is 27.5. The van der Waals surface area contributed by atoms with Crippen LogP contribution in [0.2, 0.25) is 0 Å². The standard InChI is InChI=1S/C27H41N3O6/c1-9-19-12-11-13-20(17-19)23(24(32)28-15-14-22(31)35-10-2)30(8)25(33)21(16-18(3)4)29-26(34)36-27(5,6)7/h9,11-13,17-18,21,23H,1,10,14-16H2,2-8H3,(H,28,32)(H,29,34). The van der Waals surface area contributed by atoms with Crippen molar-refractivity contribution in [3.05, 3.63) is 42.0 Å². The fraction of sp³-hybridized carbons (Fsp3) is 0.556. The van der Waals surface area contributed by atoms with Gasteiger partial charge in [-0.25, -0.2) is 4.79 Å². The number of likely N-dealkylation sites (N-methyl/N-ethyl adjacent to an activating group) is 1. The minimum Gasteiger partial charge on any atom is -0.466 e. The molecule has 0 aliphatic rings. The van der Waals surface area contributed by atoms with Crippen molar-refractivity contribution in [2.45, 2.75) is 72.1 Å². The Morgan fingerprint density at radius 3 is 2.39 bits per heavy atom. The molecule has 0 saturated heterocycles. The van der Waals surface area contributed by atoms with Crippen LogP contribution in [-0.2, 0) is 23.9 Å². The van der Waals surface area contributed by atoms with E-state index in [1.165, 1.54) is 11.9 Å². The molecule has 200 valence electrons. The molecule has 36 heavy (non-hydrogen) atoms. The summed E-state index contributed by atoms with van der Waals surface area (Å²) in [7, 11) is 1.52. The normalized spacial score (nSPS) is 12.8. The first kappa shape index (κ1) is 30.7. The maximum Gasteiger partial charge on any atom is 0.408 e. The fourth-order valence-corrected chi connectivity index (χ4v) is 3.54. The third kappa shape index (κ3) is 10.5. The topological polar surface area (TPSA) is 114 Å². The Morgan fingerprint density at radius 2 is 1.83 bits per heavy atom. The summed E-state index contributed by atoms with van der Waals surface area (Å²) in [5.74, 6) is -1.24. The van der Waals surface area contributed by atoms with Gasteiger partial charge in [0, 0.05) is 13.6 Å². The van der Waals surface area contributed by atoms with E-state index in [4.69, 9.17) is 9.47 Å². The fourth-order valence-electron chi connectivity index (χ4n) is 3.54. The zero-order valence-electron chi connectivity index (χ0n) is 22.6. The number of carbonyl (C=O) groups is 4. The molecule has 0 aliphatic carbocycles. The number of carbonyl (C=O) groups excluding carboxylic acids is 4. The molecule has 0 saturated carbocycles. The second kappa shape index (κ2) is 14.3. The summed E-state index contributed by atoms with van der Waals surface area (Å²) in [6.07, 6.45) is 1.30. The summed E-state index contributed by atoms with van der Waals surface area (Å²) in [4.78, 5) is 52.3. The molecule has 0 radical (unpaired) electrons. The van der Waals surface area contributed by atoms with Crippen LogP contribution in [0.4, 0.5) is 4.79 Å². The monoisotopic (exact) mass is 503 g/mol. The number of benzene rings is 1. The van der Waals surface area contributed by atoms with Crippen LogP contribution < -0.4 is 10.6 Å². The second-order valence-electron chi connectivity index (χ2n) is 9.90. The van der Waals surface area contributed by atoms with Gasteiger partial charge in [-0.1, -0.05) is 44.7 Å². The predicted molar refractivity (Wildman–Crippen MR) is 139 cm³/mol. The molecule has 1 aromatic rings. The first-order chi connectivity index (χ1) is 16.8. The number of hydrogen-bond donors (Lipinski definition) is 2. The van der Waals surface area contributed by atoms with Crippen LogP contribution in [0.1, 0.15) is 71.6 Å². The number of alkyl carbamates (subject to hydrolysis) is 1. The second-order valence-corrected chi connectivity index (χ2v) is 9.90. The predicted octanol–water partition coefficient (Wildman–Crippen LogP) is 3.84. The summed E-state index contributed by atoms with van der Waals surface area (Å²) in [6, 6.07) is 5.21. The number of rotatable bonds is 12. The molecular weight excluding hydrogens is 462 g/mol. The van der Waals surface area contributed by atoms with E-state index in [2.05, 4.69) is 17.2 Å². The van der Waals surface area contributed by atoms with E-state index in [0.29, 0.717) is 12.0 Å². The van der Waals surface area contributed by atoms with Crippen molar-refractivity contribution in [1.29, 1.82) is 0 Å². The van der Waals surface area contributed by atoms with Crippen LogP contribution in [0, 0.1) is 5.92 Å². The average molecular weight is 504 g/mol. The van der Waals surface area contributed by atoms with E-state index >= 15 is 0 Å². The van der Waals surface area contributed by atoms with E-state index in [0.717, 1.165) is 5.56 Å². The van der Waals surface area contributed by atoms with Gasteiger partial charge in [0.05, 0.1) is 13.0 Å². The molecule has 3 amide bonds. The lowest BCUT2D eigenvalue weighted by Crippen LogP contribution is -2.52. The lowest BCUT2D eigenvalue weighted by molar-refractivity contribution is -0.143. The highest BCUT2D eigenvalue weighted by Gasteiger charge is 2.34. The van der Waals surface area contributed by atoms with Crippen LogP contribution in [0.15, 0.2) is 30.8 Å². The maximum absolute atomic E-state index is 13.6. The van der Waals surface area contributed by atoms with Gasteiger partial charge in [-0.15, -0.1) is 0 Å². The Bertz CT molecular complexity index is 922. The first-order valence-electron chi connectivity index (χ1n) is 12.2. The van der Waals surface area contributed by atoms with E-state index in [-0.39, 0.29) is 25.5 Å². The van der Waals surface area contributed by atoms with Crippen molar-refractivity contribution in [2.24, 2.45) is 5.92 Å². The van der Waals surface area contributed by atoms with Gasteiger partial charge < -0.3 is 25.0 Å². The summed E-state index contributed by atoms with van der Waals surface area (Å²) >= 11 is 0. The van der Waals surface area contributed by atoms with E-state index in [9.17, 15) is 19.2 Å². The lowest BCUT2D eigenvalue weighted by atomic mass is 9.98. The van der Waals surface area contributed by atoms with Crippen LogP contribution >= 0.6 is 0 Å². The minimum atomic E-state index is -1.00. The van der Waals surface area contributed by atoms with E-state index < -0.39 is 41.6 Å². The highest BCUT2D eigenvalue weighted by Crippen LogP contribution is 2.23. The van der Waals surface area contributed by atoms with Gasteiger partial charge in [0.15, 0.2) is 0 Å². The highest BCUT2D eigenvalue weighted by molar-refractivity contribution is 5.92. The van der Waals surface area contributed by atoms with Gasteiger partial charge in [-0.2, -0.15) is 0 Å². The number of esters is 1. The molecule has 9 nitrogen and oxygen atoms in total. The molecule has 0 bridgehead atoms. The molecule has 2 unspecified atom stereocenters. The zero-order valence-corrected chi connectivity index (χ0v) is 22.6. The third-order valence-corrected chi connectivity index (χ3v) is 5.08. The molecule has 0 heterocycles. The first-order valence-corrected chi connectivity index (χ1v) is 12.2. The minimum absolute atomic E-state index is 0.00678.